The summed E-state index contributed by atoms with van der Waals surface area (Å²) < 4.78 is 38.6. The number of ether oxygens (including phenoxy) is 6. The second-order valence-electron chi connectivity index (χ2n) is 14.8. The summed E-state index contributed by atoms with van der Waals surface area (Å²) in [5.41, 5.74) is -8.56. The Hall–Kier alpha value is -9.43. The predicted octanol–water partition coefficient (Wildman–Crippen LogP) is 1.76. The molecule has 0 bridgehead atoms. The highest BCUT2D eigenvalue weighted by atomic mass is 16.7. The first-order valence-electron chi connectivity index (χ1n) is 18.7. The molecule has 3 aliphatic rings. The second-order valence-corrected chi connectivity index (χ2v) is 14.8. The van der Waals surface area contributed by atoms with E-state index in [4.69, 9.17) is 32.8 Å². The Kier molecular flexibility index (Phi) is 9.48. The number of hydrogen-bond acceptors (Lipinski definition) is 26. The van der Waals surface area contributed by atoms with E-state index >= 15 is 0 Å². The fourth-order valence-corrected chi connectivity index (χ4v) is 7.76. The van der Waals surface area contributed by atoms with Gasteiger partial charge >= 0.3 is 29.5 Å². The number of fused-ring (bicyclic) bond motifs is 7. The number of benzene rings is 5. The third-order valence-corrected chi connectivity index (χ3v) is 10.9. The van der Waals surface area contributed by atoms with Gasteiger partial charge < -0.3 is 104 Å². The van der Waals surface area contributed by atoms with E-state index in [0.717, 1.165) is 0 Å². The van der Waals surface area contributed by atoms with Gasteiger partial charge in [0.05, 0.1) is 22.1 Å². The summed E-state index contributed by atoms with van der Waals surface area (Å²) >= 11 is 0. The molecular formula is C41H26O26. The lowest BCUT2D eigenvalue weighted by atomic mass is 9.91. The number of carbonyl (C=O) groups is 4. The van der Waals surface area contributed by atoms with Crippen LogP contribution in [-0.2, 0) is 23.7 Å². The van der Waals surface area contributed by atoms with Crippen molar-refractivity contribution in [1.82, 2.24) is 0 Å². The summed E-state index contributed by atoms with van der Waals surface area (Å²) in [4.78, 5) is 70.1. The molecule has 26 heteroatoms. The van der Waals surface area contributed by atoms with Crippen LogP contribution in [0.4, 0.5) is 0 Å². The summed E-state index contributed by atoms with van der Waals surface area (Å²) in [6.45, 7) is -1.23. The van der Waals surface area contributed by atoms with Gasteiger partial charge in [-0.15, -0.1) is 0 Å². The molecule has 0 spiro atoms. The normalized spacial score (nSPS) is 20.4. The Morgan fingerprint density at radius 2 is 0.925 bits per heavy atom. The Morgan fingerprint density at radius 1 is 0.448 bits per heavy atom. The molecule has 3 aliphatic heterocycles. The zero-order valence-electron chi connectivity index (χ0n) is 32.6. The van der Waals surface area contributed by atoms with Crippen LogP contribution in [-0.4, -0.2) is 133 Å². The van der Waals surface area contributed by atoms with Crippen molar-refractivity contribution < 1.29 is 124 Å². The Balaban J connectivity index is 1.28. The van der Waals surface area contributed by atoms with Gasteiger partial charge in [-0.2, -0.15) is 0 Å². The van der Waals surface area contributed by atoms with Crippen molar-refractivity contribution in [3.8, 4) is 97.4 Å². The van der Waals surface area contributed by atoms with Crippen molar-refractivity contribution in [3.05, 3.63) is 63.0 Å². The molecule has 0 amide bonds. The third kappa shape index (κ3) is 6.30. The van der Waals surface area contributed by atoms with Gasteiger partial charge in [-0.25, -0.2) is 24.0 Å². The summed E-state index contributed by atoms with van der Waals surface area (Å²) in [5.74, 6) is -26.3. The number of hydrogen-bond donors (Lipinski definition) is 14. The summed E-state index contributed by atoms with van der Waals surface area (Å²) in [5, 5.41) is 149. The average molecular weight is 935 g/mol. The van der Waals surface area contributed by atoms with E-state index in [1.165, 1.54) is 0 Å². The number of phenols is 13. The summed E-state index contributed by atoms with van der Waals surface area (Å²) in [7, 11) is 0. The lowest BCUT2D eigenvalue weighted by Crippen LogP contribution is -2.62. The van der Waals surface area contributed by atoms with Gasteiger partial charge in [-0.1, -0.05) is 0 Å². The summed E-state index contributed by atoms with van der Waals surface area (Å²) in [6.07, 6.45) is -11.9. The number of aliphatic hydroxyl groups excluding tert-OH is 1. The van der Waals surface area contributed by atoms with Crippen LogP contribution in [0.25, 0.3) is 32.9 Å². The maximum absolute atomic E-state index is 14.4. The van der Waals surface area contributed by atoms with Gasteiger partial charge in [0.25, 0.3) is 0 Å². The number of rotatable bonds is 0. The molecule has 5 atom stereocenters. The highest BCUT2D eigenvalue weighted by Gasteiger charge is 2.54. The van der Waals surface area contributed by atoms with Crippen LogP contribution in [0, 0.1) is 0 Å². The SMILES string of the molecule is O=C1O[C@H]2[C@@H]3OC(=O)c4cc(O)c(O)c(O)c4-c4c(cc(O)c(O)c4O)C(=O)O[C@H]3[C@H](O)O[C@@H]2COC(=O)c2cc(O)c(O)c3oc(=O)c4cc(O)c(O)c(c4c23)Oc2c1cc(O)c(O)c2O. The van der Waals surface area contributed by atoms with E-state index in [1.807, 2.05) is 0 Å². The topological polar surface area (TPSA) is 437 Å². The van der Waals surface area contributed by atoms with Gasteiger partial charge in [0.1, 0.15) is 18.3 Å². The number of phenolic OH excluding ortho intramolecular Hbond substituents is 13. The van der Waals surface area contributed by atoms with Crippen molar-refractivity contribution in [3.63, 3.8) is 0 Å². The molecule has 9 rings (SSSR count). The van der Waals surface area contributed by atoms with Gasteiger partial charge in [-0.3, -0.25) is 0 Å². The Morgan fingerprint density at radius 3 is 1.52 bits per heavy atom. The number of cyclic esters (lactones) is 1. The molecule has 5 aromatic carbocycles. The van der Waals surface area contributed by atoms with Crippen LogP contribution in [0.5, 0.6) is 86.2 Å². The fourth-order valence-electron chi connectivity index (χ4n) is 7.76. The van der Waals surface area contributed by atoms with Crippen molar-refractivity contribution in [1.29, 1.82) is 0 Å². The van der Waals surface area contributed by atoms with Crippen LogP contribution in [0.1, 0.15) is 41.4 Å². The maximum Gasteiger partial charge on any atom is 0.344 e. The quantitative estimate of drug-likeness (QED) is 0.0339. The van der Waals surface area contributed by atoms with E-state index < -0.39 is 208 Å². The van der Waals surface area contributed by atoms with E-state index in [9.17, 15) is 95.5 Å². The predicted molar refractivity (Wildman–Crippen MR) is 209 cm³/mol. The van der Waals surface area contributed by atoms with Crippen LogP contribution >= 0.6 is 0 Å². The fraction of sp³-hybridized carbons (Fsp3) is 0.146. The van der Waals surface area contributed by atoms with Crippen molar-refractivity contribution in [2.75, 3.05) is 6.61 Å². The van der Waals surface area contributed by atoms with Crippen LogP contribution < -0.4 is 10.4 Å². The maximum atomic E-state index is 14.4. The van der Waals surface area contributed by atoms with E-state index in [2.05, 4.69) is 0 Å². The van der Waals surface area contributed by atoms with Gasteiger partial charge in [-0.05, 0) is 24.3 Å². The molecule has 0 saturated carbocycles. The number of aromatic hydroxyl groups is 13. The van der Waals surface area contributed by atoms with Crippen LogP contribution in [0.15, 0.2) is 39.5 Å². The lowest BCUT2D eigenvalue weighted by Gasteiger charge is -2.43. The largest absolute Gasteiger partial charge is 0.504 e. The molecule has 0 aliphatic carbocycles. The highest BCUT2D eigenvalue weighted by Crippen LogP contribution is 2.55. The molecule has 4 heterocycles. The zero-order valence-corrected chi connectivity index (χ0v) is 32.6. The zero-order chi connectivity index (χ0) is 48.4. The van der Waals surface area contributed by atoms with Crippen molar-refractivity contribution in [2.45, 2.75) is 30.7 Å². The van der Waals surface area contributed by atoms with Crippen LogP contribution in [0.2, 0.25) is 0 Å². The van der Waals surface area contributed by atoms with Gasteiger partial charge in [0.2, 0.25) is 34.5 Å². The van der Waals surface area contributed by atoms with Crippen molar-refractivity contribution in [2.24, 2.45) is 0 Å². The minimum Gasteiger partial charge on any atom is -0.504 e. The number of esters is 4. The standard InChI is InChI=1S/C41H26O26/c42-12-1-7-18(27(52)22(12)47)19-8(2-13(43)23(48)28(19)53)38(57)67-35-34(66-37(7)56)31-17(62-41(35)60)6-61-36(55)9-3-15(45)26(51)33-20(9)21-10(39(58)65-33)4-16(46)25(50)32(21)63-30-11(40(59)64-31)5-14(44)24(49)29(30)54/h1-5,17,31,34-35,41-54,60H,6H2/t17-,31-,34+,35-,41-/m1/s1. The molecule has 26 nitrogen and oxygen atoms in total. The molecule has 6 aromatic rings. The lowest BCUT2D eigenvalue weighted by molar-refractivity contribution is -0.284. The van der Waals surface area contributed by atoms with E-state index in [0.29, 0.717) is 30.3 Å². The molecular weight excluding hydrogens is 908 g/mol. The number of aliphatic hydroxyl groups is 1. The highest BCUT2D eigenvalue weighted by molar-refractivity contribution is 6.19. The minimum atomic E-state index is -2.53. The summed E-state index contributed by atoms with van der Waals surface area (Å²) in [6, 6.07) is 2.45. The average Bonchev–Trinajstić information content (AvgIpc) is 3.28. The Bertz CT molecular complexity index is 3320. The third-order valence-electron chi connectivity index (χ3n) is 10.9. The first-order chi connectivity index (χ1) is 31.6. The van der Waals surface area contributed by atoms with E-state index in [1.54, 1.807) is 0 Å². The van der Waals surface area contributed by atoms with E-state index in [-0.39, 0.29) is 0 Å². The molecule has 1 fully saturated rings. The minimum absolute atomic E-state index is 0.395. The second kappa shape index (κ2) is 14.8. The first-order valence-corrected chi connectivity index (χ1v) is 18.7. The van der Waals surface area contributed by atoms with Gasteiger partial charge in [0.15, 0.2) is 81.9 Å². The smallest absolute Gasteiger partial charge is 0.344 e. The van der Waals surface area contributed by atoms with Crippen LogP contribution in [0.3, 0.4) is 0 Å². The molecule has 14 N–H and O–H groups in total. The molecule has 1 saturated heterocycles. The monoisotopic (exact) mass is 934 g/mol. The van der Waals surface area contributed by atoms with Crippen molar-refractivity contribution >= 4 is 45.6 Å². The Labute approximate surface area is 366 Å². The molecule has 1 aromatic heterocycles. The molecule has 346 valence electrons. The first kappa shape index (κ1) is 42.9. The molecule has 0 radical (unpaired) electrons. The van der Waals surface area contributed by atoms with Gasteiger partial charge in [0, 0.05) is 28.0 Å². The number of carbonyl (C=O) groups excluding carboxylic acids is 4. The molecule has 67 heavy (non-hydrogen) atoms. The molecule has 0 unspecified atom stereocenters.